The monoisotopic (exact) mass is 506 g/mol. The molecule has 1 saturated carbocycles. The van der Waals surface area contributed by atoms with Gasteiger partial charge < -0.3 is 24.1 Å². The minimum Gasteiger partial charge on any atom is -0.495 e. The summed E-state index contributed by atoms with van der Waals surface area (Å²) in [6.07, 6.45) is 8.62. The van der Waals surface area contributed by atoms with Crippen molar-refractivity contribution in [3.8, 4) is 11.4 Å². The van der Waals surface area contributed by atoms with Gasteiger partial charge in [-0.2, -0.15) is 0 Å². The number of fused-ring (bicyclic) bond motifs is 1. The molecule has 37 heavy (non-hydrogen) atoms. The van der Waals surface area contributed by atoms with Crippen LogP contribution in [0.15, 0.2) is 59.7 Å². The molecule has 192 valence electrons. The van der Waals surface area contributed by atoms with Gasteiger partial charge in [-0.1, -0.05) is 11.2 Å². The van der Waals surface area contributed by atoms with E-state index in [0.29, 0.717) is 23.7 Å². The number of ether oxygens (including phenoxy) is 1. The van der Waals surface area contributed by atoms with Crippen LogP contribution in [-0.4, -0.2) is 52.3 Å². The SMILES string of the molecule is COc1cc(C=C2CC3(CC3)CN3C2=NOCC3(CO)c2cc(F)cc(F)c2)ccc1-n1cnc(C)c1. The fourth-order valence-electron chi connectivity index (χ4n) is 5.53. The topological polar surface area (TPSA) is 72.1 Å². The molecule has 6 rings (SSSR count). The van der Waals surface area contributed by atoms with E-state index in [2.05, 4.69) is 16.2 Å². The van der Waals surface area contributed by atoms with Crippen molar-refractivity contribution >= 4 is 11.9 Å². The van der Waals surface area contributed by atoms with Gasteiger partial charge in [-0.15, -0.1) is 0 Å². The lowest BCUT2D eigenvalue weighted by Gasteiger charge is -2.50. The third kappa shape index (κ3) is 4.07. The normalized spacial score (nSPS) is 23.0. The number of aliphatic hydroxyl groups excluding tert-OH is 1. The van der Waals surface area contributed by atoms with Gasteiger partial charge in [0.1, 0.15) is 29.5 Å². The summed E-state index contributed by atoms with van der Waals surface area (Å²) < 4.78 is 36.1. The predicted octanol–water partition coefficient (Wildman–Crippen LogP) is 4.57. The number of halogens is 2. The number of aryl methyl sites for hydroxylation is 1. The zero-order valence-corrected chi connectivity index (χ0v) is 20.7. The van der Waals surface area contributed by atoms with E-state index < -0.39 is 17.2 Å². The average Bonchev–Trinajstić information content (AvgIpc) is 3.48. The largest absolute Gasteiger partial charge is 0.495 e. The first kappa shape index (κ1) is 23.7. The molecule has 1 atom stereocenters. The number of piperidine rings is 1. The Balaban J connectivity index is 1.41. The molecule has 0 bridgehead atoms. The molecule has 1 N–H and O–H groups in total. The van der Waals surface area contributed by atoms with Gasteiger partial charge in [0.2, 0.25) is 0 Å². The van der Waals surface area contributed by atoms with Crippen LogP contribution in [0.4, 0.5) is 8.78 Å². The van der Waals surface area contributed by atoms with E-state index in [9.17, 15) is 13.9 Å². The standard InChI is InChI=1S/C28H28F2N4O3/c1-18-13-33(17-31-18)24-4-3-19(8-25(24)36-2)7-20-12-27(5-6-27)14-34-26(20)32-37-16-28(34,15-35)21-9-22(29)11-23(30)10-21/h3-4,7-11,13,17,35H,5-6,12,14-16H2,1-2H3. The number of amidine groups is 1. The maximum Gasteiger partial charge on any atom is 0.172 e. The van der Waals surface area contributed by atoms with E-state index >= 15 is 0 Å². The van der Waals surface area contributed by atoms with Crippen molar-refractivity contribution in [1.82, 2.24) is 14.5 Å². The third-order valence-corrected chi connectivity index (χ3v) is 7.73. The van der Waals surface area contributed by atoms with Crippen molar-refractivity contribution in [2.24, 2.45) is 10.6 Å². The summed E-state index contributed by atoms with van der Waals surface area (Å²) in [6, 6.07) is 9.31. The number of hydrogen-bond donors (Lipinski definition) is 1. The van der Waals surface area contributed by atoms with E-state index in [0.717, 1.165) is 47.8 Å². The number of oxime groups is 1. The average molecular weight is 507 g/mol. The summed E-state index contributed by atoms with van der Waals surface area (Å²) in [5, 5.41) is 15.0. The molecule has 1 spiro atoms. The lowest BCUT2D eigenvalue weighted by molar-refractivity contribution is -0.0461. The van der Waals surface area contributed by atoms with Crippen molar-refractivity contribution in [2.75, 3.05) is 26.9 Å². The summed E-state index contributed by atoms with van der Waals surface area (Å²) in [6.45, 7) is 2.19. The lowest BCUT2D eigenvalue weighted by Crippen LogP contribution is -2.61. The fourth-order valence-corrected chi connectivity index (χ4v) is 5.53. The smallest absolute Gasteiger partial charge is 0.172 e. The first-order valence-corrected chi connectivity index (χ1v) is 12.3. The Morgan fingerprint density at radius 1 is 1.16 bits per heavy atom. The molecule has 3 aliphatic rings. The van der Waals surface area contributed by atoms with Gasteiger partial charge in [0.05, 0.1) is 31.4 Å². The first-order valence-electron chi connectivity index (χ1n) is 12.3. The van der Waals surface area contributed by atoms with E-state index in [-0.39, 0.29) is 18.6 Å². The Hall–Kier alpha value is -3.72. The van der Waals surface area contributed by atoms with Gasteiger partial charge in [0.15, 0.2) is 5.84 Å². The Bertz CT molecular complexity index is 1410. The maximum absolute atomic E-state index is 14.2. The van der Waals surface area contributed by atoms with Crippen LogP contribution in [0, 0.1) is 24.0 Å². The highest BCUT2D eigenvalue weighted by atomic mass is 19.1. The van der Waals surface area contributed by atoms with Crippen LogP contribution in [0.2, 0.25) is 0 Å². The molecule has 1 aromatic heterocycles. The Labute approximate surface area is 213 Å². The van der Waals surface area contributed by atoms with Gasteiger partial charge in [0.25, 0.3) is 0 Å². The fraction of sp³-hybridized carbons (Fsp3) is 0.357. The van der Waals surface area contributed by atoms with E-state index in [1.54, 1.807) is 13.4 Å². The van der Waals surface area contributed by atoms with Crippen molar-refractivity contribution in [3.05, 3.63) is 83.0 Å². The second kappa shape index (κ2) is 8.69. The molecule has 1 saturated heterocycles. The highest BCUT2D eigenvalue weighted by Gasteiger charge is 2.56. The Morgan fingerprint density at radius 2 is 1.95 bits per heavy atom. The van der Waals surface area contributed by atoms with Crippen LogP contribution >= 0.6 is 0 Å². The second-order valence-corrected chi connectivity index (χ2v) is 10.3. The van der Waals surface area contributed by atoms with E-state index in [1.165, 1.54) is 12.1 Å². The Kier molecular flexibility index (Phi) is 5.56. The van der Waals surface area contributed by atoms with Crippen LogP contribution in [-0.2, 0) is 10.4 Å². The number of nitrogens with zero attached hydrogens (tertiary/aromatic N) is 4. The van der Waals surface area contributed by atoms with Gasteiger partial charge in [-0.3, -0.25) is 0 Å². The zero-order valence-electron chi connectivity index (χ0n) is 20.7. The highest BCUT2D eigenvalue weighted by Crippen LogP contribution is 2.56. The van der Waals surface area contributed by atoms with Crippen LogP contribution in [0.5, 0.6) is 5.75 Å². The molecule has 0 amide bonds. The number of aliphatic hydroxyl groups is 1. The minimum atomic E-state index is -1.14. The molecule has 3 heterocycles. The van der Waals surface area contributed by atoms with Gasteiger partial charge in [-0.25, -0.2) is 13.8 Å². The van der Waals surface area contributed by atoms with Crippen LogP contribution in [0.25, 0.3) is 11.8 Å². The lowest BCUT2D eigenvalue weighted by atomic mass is 9.81. The summed E-state index contributed by atoms with van der Waals surface area (Å²) in [7, 11) is 1.63. The van der Waals surface area contributed by atoms with Crippen LogP contribution in [0.1, 0.15) is 36.1 Å². The molecule has 3 aromatic rings. The molecule has 2 aromatic carbocycles. The number of imidazole rings is 1. The van der Waals surface area contributed by atoms with Crippen molar-refractivity contribution < 1.29 is 23.5 Å². The third-order valence-electron chi connectivity index (χ3n) is 7.73. The van der Waals surface area contributed by atoms with Crippen LogP contribution < -0.4 is 4.74 Å². The second-order valence-electron chi connectivity index (χ2n) is 10.3. The summed E-state index contributed by atoms with van der Waals surface area (Å²) >= 11 is 0. The van der Waals surface area contributed by atoms with Crippen molar-refractivity contribution in [1.29, 1.82) is 0 Å². The van der Waals surface area contributed by atoms with Crippen molar-refractivity contribution in [2.45, 2.75) is 31.7 Å². The summed E-state index contributed by atoms with van der Waals surface area (Å²) in [4.78, 5) is 11.9. The molecule has 9 heteroatoms. The number of aromatic nitrogens is 2. The van der Waals surface area contributed by atoms with E-state index in [1.807, 2.05) is 40.8 Å². The summed E-state index contributed by atoms with van der Waals surface area (Å²) in [5.74, 6) is -0.111. The number of benzene rings is 2. The molecule has 0 radical (unpaired) electrons. The molecule has 1 unspecified atom stereocenters. The predicted molar refractivity (Wildman–Crippen MR) is 134 cm³/mol. The molecule has 2 fully saturated rings. The first-order chi connectivity index (χ1) is 17.8. The zero-order chi connectivity index (χ0) is 25.8. The molecular weight excluding hydrogens is 478 g/mol. The number of methoxy groups -OCH3 is 1. The van der Waals surface area contributed by atoms with Gasteiger partial charge >= 0.3 is 0 Å². The molecule has 7 nitrogen and oxygen atoms in total. The van der Waals surface area contributed by atoms with Gasteiger partial charge in [-0.05, 0) is 78.6 Å². The highest BCUT2D eigenvalue weighted by molar-refractivity contribution is 6.03. The van der Waals surface area contributed by atoms with E-state index in [4.69, 9.17) is 9.57 Å². The van der Waals surface area contributed by atoms with Gasteiger partial charge in [0, 0.05) is 18.8 Å². The summed E-state index contributed by atoms with van der Waals surface area (Å²) in [5.41, 5.74) is 2.88. The molecule has 1 aliphatic carbocycles. The Morgan fingerprint density at radius 3 is 2.59 bits per heavy atom. The molecular formula is C28H28F2N4O3. The number of rotatable bonds is 5. The van der Waals surface area contributed by atoms with Crippen LogP contribution in [0.3, 0.4) is 0 Å². The minimum absolute atomic E-state index is 0.00784. The molecule has 2 aliphatic heterocycles. The van der Waals surface area contributed by atoms with Crippen molar-refractivity contribution in [3.63, 3.8) is 0 Å². The maximum atomic E-state index is 14.2. The number of hydrogen-bond acceptors (Lipinski definition) is 6. The quantitative estimate of drug-likeness (QED) is 0.549.